The first-order valence-electron chi connectivity index (χ1n) is 7.33. The Kier molecular flexibility index (Phi) is 5.68. The number of benzene rings is 2. The summed E-state index contributed by atoms with van der Waals surface area (Å²) in [6, 6.07) is 11.5. The summed E-state index contributed by atoms with van der Waals surface area (Å²) >= 11 is 0. The van der Waals surface area contributed by atoms with Crippen LogP contribution in [0.25, 0.3) is 5.70 Å². The van der Waals surface area contributed by atoms with Gasteiger partial charge in [-0.15, -0.1) is 0 Å². The summed E-state index contributed by atoms with van der Waals surface area (Å²) < 4.78 is 10.5. The number of carbonyl (C=O) groups is 1. The molecular formula is C18H20N2O4. The van der Waals surface area contributed by atoms with Gasteiger partial charge in [0.1, 0.15) is 5.75 Å². The van der Waals surface area contributed by atoms with Gasteiger partial charge in [0.15, 0.2) is 11.5 Å². The molecule has 6 nitrogen and oxygen atoms in total. The Morgan fingerprint density at radius 2 is 1.58 bits per heavy atom. The number of rotatable bonds is 6. The molecule has 1 amide bonds. The fourth-order valence-corrected chi connectivity index (χ4v) is 2.12. The first-order chi connectivity index (χ1) is 11.6. The Bertz CT molecular complexity index is 739. The molecule has 0 heterocycles. The van der Waals surface area contributed by atoms with Crippen molar-refractivity contribution in [3.8, 4) is 17.2 Å². The fraction of sp³-hybridized carbons (Fsp3) is 0.167. The highest BCUT2D eigenvalue weighted by Gasteiger charge is 2.09. The minimum atomic E-state index is -0.310. The summed E-state index contributed by atoms with van der Waals surface area (Å²) in [5.41, 5.74) is 7.49. The summed E-state index contributed by atoms with van der Waals surface area (Å²) in [6.07, 6.45) is 1.83. The molecule has 0 saturated carbocycles. The lowest BCUT2D eigenvalue weighted by atomic mass is 10.1. The minimum Gasteiger partial charge on any atom is -0.508 e. The normalized spacial score (nSPS) is 10.9. The Labute approximate surface area is 140 Å². The second kappa shape index (κ2) is 7.92. The van der Waals surface area contributed by atoms with Gasteiger partial charge in [0, 0.05) is 11.1 Å². The van der Waals surface area contributed by atoms with Crippen LogP contribution in [0.1, 0.15) is 22.8 Å². The molecule has 2 rings (SSSR count). The molecule has 2 aromatic carbocycles. The van der Waals surface area contributed by atoms with E-state index < -0.39 is 0 Å². The monoisotopic (exact) mass is 328 g/mol. The zero-order valence-corrected chi connectivity index (χ0v) is 13.8. The van der Waals surface area contributed by atoms with Crippen molar-refractivity contribution in [1.29, 1.82) is 0 Å². The van der Waals surface area contributed by atoms with Gasteiger partial charge in [0.05, 0.1) is 19.9 Å². The number of methoxy groups -OCH3 is 2. The second-order valence-corrected chi connectivity index (χ2v) is 4.90. The van der Waals surface area contributed by atoms with Crippen molar-refractivity contribution in [2.24, 2.45) is 0 Å². The fourth-order valence-electron chi connectivity index (χ4n) is 2.12. The number of amides is 1. The molecule has 0 aliphatic heterocycles. The first-order valence-corrected chi connectivity index (χ1v) is 7.33. The standard InChI is InChI=1S/C18H20N2O4/c1-4-15(13-7-10-16(23-2)17(11-13)24-3)19-20-18(22)12-5-8-14(21)9-6-12/h4-11,19,21H,1-3H3,(H,20,22). The first kappa shape index (κ1) is 17.2. The van der Waals surface area contributed by atoms with E-state index in [9.17, 15) is 9.90 Å². The Hall–Kier alpha value is -3.15. The van der Waals surface area contributed by atoms with Crippen LogP contribution in [0.2, 0.25) is 0 Å². The van der Waals surface area contributed by atoms with Crippen LogP contribution in [0, 0.1) is 0 Å². The summed E-state index contributed by atoms with van der Waals surface area (Å²) in [6.45, 7) is 1.85. The molecule has 126 valence electrons. The maximum Gasteiger partial charge on any atom is 0.269 e. The molecule has 2 aromatic rings. The molecule has 0 bridgehead atoms. The number of hydrogen-bond donors (Lipinski definition) is 3. The molecule has 0 saturated heterocycles. The van der Waals surface area contributed by atoms with E-state index >= 15 is 0 Å². The maximum absolute atomic E-state index is 12.1. The van der Waals surface area contributed by atoms with Crippen molar-refractivity contribution in [2.75, 3.05) is 14.2 Å². The number of hydrogen-bond acceptors (Lipinski definition) is 5. The van der Waals surface area contributed by atoms with Gasteiger partial charge in [-0.25, -0.2) is 0 Å². The van der Waals surface area contributed by atoms with Crippen molar-refractivity contribution in [3.63, 3.8) is 0 Å². The zero-order chi connectivity index (χ0) is 17.5. The maximum atomic E-state index is 12.1. The molecule has 0 aliphatic rings. The van der Waals surface area contributed by atoms with Gasteiger partial charge in [-0.05, 0) is 49.4 Å². The summed E-state index contributed by atoms with van der Waals surface area (Å²) in [4.78, 5) is 12.1. The summed E-state index contributed by atoms with van der Waals surface area (Å²) in [7, 11) is 3.14. The number of aromatic hydroxyl groups is 1. The molecule has 0 fully saturated rings. The molecule has 0 radical (unpaired) electrons. The smallest absolute Gasteiger partial charge is 0.269 e. The Balaban J connectivity index is 2.10. The highest BCUT2D eigenvalue weighted by Crippen LogP contribution is 2.29. The van der Waals surface area contributed by atoms with Gasteiger partial charge < -0.3 is 14.6 Å². The van der Waals surface area contributed by atoms with E-state index in [0.717, 1.165) is 5.56 Å². The van der Waals surface area contributed by atoms with E-state index in [1.807, 2.05) is 25.1 Å². The highest BCUT2D eigenvalue weighted by atomic mass is 16.5. The van der Waals surface area contributed by atoms with E-state index in [2.05, 4.69) is 10.9 Å². The molecule has 0 atom stereocenters. The molecule has 3 N–H and O–H groups in total. The van der Waals surface area contributed by atoms with Crippen molar-refractivity contribution >= 4 is 11.6 Å². The summed E-state index contributed by atoms with van der Waals surface area (Å²) in [5.74, 6) is 1.03. The molecular weight excluding hydrogens is 308 g/mol. The van der Waals surface area contributed by atoms with Crippen LogP contribution in [0.4, 0.5) is 0 Å². The number of phenols is 1. The number of carbonyl (C=O) groups excluding carboxylic acids is 1. The van der Waals surface area contributed by atoms with Crippen LogP contribution in [-0.4, -0.2) is 25.2 Å². The van der Waals surface area contributed by atoms with Crippen LogP contribution >= 0.6 is 0 Å². The highest BCUT2D eigenvalue weighted by molar-refractivity contribution is 5.94. The van der Waals surface area contributed by atoms with E-state index in [0.29, 0.717) is 22.8 Å². The lowest BCUT2D eigenvalue weighted by Gasteiger charge is -2.14. The van der Waals surface area contributed by atoms with Crippen molar-refractivity contribution in [2.45, 2.75) is 6.92 Å². The van der Waals surface area contributed by atoms with Crippen molar-refractivity contribution in [3.05, 3.63) is 59.7 Å². The van der Waals surface area contributed by atoms with Crippen LogP contribution in [0.15, 0.2) is 48.5 Å². The number of allylic oxidation sites excluding steroid dienone is 1. The lowest BCUT2D eigenvalue weighted by Crippen LogP contribution is -2.36. The van der Waals surface area contributed by atoms with Crippen LogP contribution in [0.3, 0.4) is 0 Å². The van der Waals surface area contributed by atoms with Gasteiger partial charge >= 0.3 is 0 Å². The van der Waals surface area contributed by atoms with Crippen LogP contribution < -0.4 is 20.3 Å². The number of ether oxygens (including phenoxy) is 2. The molecule has 0 aromatic heterocycles. The van der Waals surface area contributed by atoms with Crippen molar-refractivity contribution in [1.82, 2.24) is 10.9 Å². The van der Waals surface area contributed by atoms with Gasteiger partial charge in [0.25, 0.3) is 5.91 Å². The number of nitrogens with one attached hydrogen (secondary N) is 2. The molecule has 0 spiro atoms. The largest absolute Gasteiger partial charge is 0.508 e. The predicted octanol–water partition coefficient (Wildman–Crippen LogP) is 2.70. The Morgan fingerprint density at radius 1 is 0.958 bits per heavy atom. The topological polar surface area (TPSA) is 79.8 Å². The van der Waals surface area contributed by atoms with Crippen LogP contribution in [-0.2, 0) is 0 Å². The molecule has 24 heavy (non-hydrogen) atoms. The molecule has 0 aliphatic carbocycles. The average molecular weight is 328 g/mol. The zero-order valence-electron chi connectivity index (χ0n) is 13.8. The third kappa shape index (κ3) is 3.98. The average Bonchev–Trinajstić information content (AvgIpc) is 2.62. The number of hydrazine groups is 1. The minimum absolute atomic E-state index is 0.110. The van der Waals surface area contributed by atoms with E-state index in [4.69, 9.17) is 9.47 Å². The van der Waals surface area contributed by atoms with E-state index in [1.54, 1.807) is 20.3 Å². The second-order valence-electron chi connectivity index (χ2n) is 4.90. The van der Waals surface area contributed by atoms with Gasteiger partial charge in [-0.3, -0.25) is 15.6 Å². The van der Waals surface area contributed by atoms with Gasteiger partial charge in [-0.2, -0.15) is 0 Å². The quantitative estimate of drug-likeness (QED) is 0.711. The molecule has 0 unspecified atom stereocenters. The van der Waals surface area contributed by atoms with Gasteiger partial charge in [0.2, 0.25) is 0 Å². The van der Waals surface area contributed by atoms with Crippen LogP contribution in [0.5, 0.6) is 17.2 Å². The van der Waals surface area contributed by atoms with Gasteiger partial charge in [-0.1, -0.05) is 6.08 Å². The lowest BCUT2D eigenvalue weighted by molar-refractivity contribution is 0.0942. The van der Waals surface area contributed by atoms with E-state index in [-0.39, 0.29) is 11.7 Å². The predicted molar refractivity (Wildman–Crippen MR) is 91.9 cm³/mol. The number of phenolic OH excluding ortho intramolecular Hbond substituents is 1. The molecule has 6 heteroatoms. The third-order valence-corrected chi connectivity index (χ3v) is 3.42. The van der Waals surface area contributed by atoms with Crippen molar-refractivity contribution < 1.29 is 19.4 Å². The Morgan fingerprint density at radius 3 is 2.17 bits per heavy atom. The SMILES string of the molecule is CC=C(NNC(=O)c1ccc(O)cc1)c1ccc(OC)c(OC)c1. The van der Waals surface area contributed by atoms with E-state index in [1.165, 1.54) is 24.3 Å². The third-order valence-electron chi connectivity index (χ3n) is 3.42. The summed E-state index contributed by atoms with van der Waals surface area (Å²) in [5, 5.41) is 9.26.